The lowest BCUT2D eigenvalue weighted by Crippen LogP contribution is -2.45. The zero-order valence-corrected chi connectivity index (χ0v) is 19.4. The van der Waals surface area contributed by atoms with Gasteiger partial charge >= 0.3 is 0 Å². The highest BCUT2D eigenvalue weighted by atomic mass is 16.3. The molecule has 2 fully saturated rings. The summed E-state index contributed by atoms with van der Waals surface area (Å²) in [6.45, 7) is 12.6. The molecule has 0 heterocycles. The van der Waals surface area contributed by atoms with Gasteiger partial charge in [0.1, 0.15) is 0 Å². The quantitative estimate of drug-likeness (QED) is 0.484. The average Bonchev–Trinajstić information content (AvgIpc) is 2.99. The van der Waals surface area contributed by atoms with Gasteiger partial charge in [0.05, 0.1) is 6.10 Å². The predicted octanol–water partition coefficient (Wildman–Crippen LogP) is 7.53. The second-order valence-corrected chi connectivity index (χ2v) is 12.1. The molecule has 7 atom stereocenters. The Morgan fingerprint density at radius 3 is 2.50 bits per heavy atom. The second kappa shape index (κ2) is 7.75. The van der Waals surface area contributed by atoms with E-state index in [4.69, 9.17) is 0 Å². The van der Waals surface area contributed by atoms with Crippen molar-refractivity contribution < 1.29 is 5.11 Å². The smallest absolute Gasteiger partial charge is 0.0543 e. The van der Waals surface area contributed by atoms with Crippen molar-refractivity contribution in [2.45, 2.75) is 118 Å². The van der Waals surface area contributed by atoms with E-state index in [-0.39, 0.29) is 6.10 Å². The minimum atomic E-state index is -0.0309. The van der Waals surface area contributed by atoms with Crippen LogP contribution in [-0.4, -0.2) is 11.2 Å². The molecule has 0 radical (unpaired) electrons. The number of allylic oxidation sites excluding steroid dienone is 2. The van der Waals surface area contributed by atoms with Crippen molar-refractivity contribution in [2.24, 2.45) is 40.4 Å². The Hall–Kier alpha value is -0.300. The summed E-state index contributed by atoms with van der Waals surface area (Å²) in [4.78, 5) is 0. The van der Waals surface area contributed by atoms with E-state index in [0.29, 0.717) is 10.8 Å². The summed E-state index contributed by atoms with van der Waals surface area (Å²) in [6, 6.07) is 0. The van der Waals surface area contributed by atoms with Gasteiger partial charge in [0.2, 0.25) is 0 Å². The maximum atomic E-state index is 10.2. The second-order valence-electron chi connectivity index (χ2n) is 12.1. The van der Waals surface area contributed by atoms with Gasteiger partial charge in [-0.05, 0) is 98.2 Å². The SMILES string of the molecule is CC(C)CCC[C@@H](C)C1CC[C@H]2C3=C(CC[C@]12C)[C@@]1(C)CC[C@H](O)C[C@@H]1CC3. The number of aliphatic hydroxyl groups is 1. The van der Waals surface area contributed by atoms with E-state index in [2.05, 4.69) is 34.6 Å². The van der Waals surface area contributed by atoms with Gasteiger partial charge in [-0.1, -0.05) is 65.0 Å². The van der Waals surface area contributed by atoms with E-state index in [1.807, 2.05) is 11.1 Å². The van der Waals surface area contributed by atoms with Crippen molar-refractivity contribution >= 4 is 0 Å². The molecule has 0 aromatic rings. The summed E-state index contributed by atoms with van der Waals surface area (Å²) in [7, 11) is 0. The summed E-state index contributed by atoms with van der Waals surface area (Å²) in [5.41, 5.74) is 4.77. The van der Waals surface area contributed by atoms with Crippen LogP contribution in [0.3, 0.4) is 0 Å². The van der Waals surface area contributed by atoms with Gasteiger partial charge in [-0.15, -0.1) is 0 Å². The van der Waals surface area contributed by atoms with Gasteiger partial charge < -0.3 is 5.11 Å². The average molecular weight is 387 g/mol. The number of hydrogen-bond donors (Lipinski definition) is 1. The minimum Gasteiger partial charge on any atom is -0.393 e. The van der Waals surface area contributed by atoms with Gasteiger partial charge in [-0.25, -0.2) is 0 Å². The van der Waals surface area contributed by atoms with Crippen LogP contribution in [-0.2, 0) is 0 Å². The number of aliphatic hydroxyl groups excluding tert-OH is 1. The third kappa shape index (κ3) is 3.42. The van der Waals surface area contributed by atoms with Gasteiger partial charge in [0, 0.05) is 0 Å². The molecule has 0 amide bonds. The van der Waals surface area contributed by atoms with Crippen LogP contribution in [0.15, 0.2) is 11.1 Å². The largest absolute Gasteiger partial charge is 0.393 e. The lowest BCUT2D eigenvalue weighted by Gasteiger charge is -2.55. The van der Waals surface area contributed by atoms with E-state index in [1.165, 1.54) is 64.2 Å². The fraction of sp³-hybridized carbons (Fsp3) is 0.926. The van der Waals surface area contributed by atoms with Gasteiger partial charge in [-0.2, -0.15) is 0 Å². The standard InChI is InChI=1S/C27H46O/c1-18(2)7-6-8-19(3)23-11-12-24-22-10-9-20-17-21(28)13-15-26(20,4)25(22)14-16-27(23,24)5/h18-21,23-24,28H,6-17H2,1-5H3/t19-,20+,21+,23?,24+,26+,27-/m1/s1. The maximum Gasteiger partial charge on any atom is 0.0543 e. The molecule has 0 bridgehead atoms. The van der Waals surface area contributed by atoms with Crippen LogP contribution < -0.4 is 0 Å². The maximum absolute atomic E-state index is 10.2. The van der Waals surface area contributed by atoms with Crippen molar-refractivity contribution in [2.75, 3.05) is 0 Å². The van der Waals surface area contributed by atoms with Crippen molar-refractivity contribution in [3.63, 3.8) is 0 Å². The Morgan fingerprint density at radius 2 is 1.75 bits per heavy atom. The Labute approximate surface area is 174 Å². The zero-order valence-electron chi connectivity index (χ0n) is 19.4. The first-order valence-electron chi connectivity index (χ1n) is 12.7. The van der Waals surface area contributed by atoms with E-state index in [9.17, 15) is 5.11 Å². The molecule has 160 valence electrons. The molecule has 4 aliphatic rings. The fourth-order valence-electron chi connectivity index (χ4n) is 8.46. The van der Waals surface area contributed by atoms with Gasteiger partial charge in [-0.3, -0.25) is 0 Å². The van der Waals surface area contributed by atoms with E-state index in [0.717, 1.165) is 42.4 Å². The molecule has 0 spiro atoms. The van der Waals surface area contributed by atoms with Crippen LogP contribution in [0, 0.1) is 40.4 Å². The molecular formula is C27H46O. The van der Waals surface area contributed by atoms with Crippen LogP contribution in [0.5, 0.6) is 0 Å². The topological polar surface area (TPSA) is 20.2 Å². The molecule has 1 nitrogen and oxygen atoms in total. The van der Waals surface area contributed by atoms with Gasteiger partial charge in [0.25, 0.3) is 0 Å². The van der Waals surface area contributed by atoms with E-state index < -0.39 is 0 Å². The molecule has 0 saturated heterocycles. The molecule has 4 rings (SSSR count). The van der Waals surface area contributed by atoms with Crippen molar-refractivity contribution in [3.8, 4) is 0 Å². The van der Waals surface area contributed by atoms with Crippen LogP contribution in [0.4, 0.5) is 0 Å². The van der Waals surface area contributed by atoms with Crippen molar-refractivity contribution in [3.05, 3.63) is 11.1 Å². The van der Waals surface area contributed by atoms with Crippen LogP contribution in [0.1, 0.15) is 112 Å². The molecule has 0 aromatic carbocycles. The fourth-order valence-corrected chi connectivity index (χ4v) is 8.46. The summed E-state index contributed by atoms with van der Waals surface area (Å²) >= 11 is 0. The van der Waals surface area contributed by atoms with Crippen molar-refractivity contribution in [1.82, 2.24) is 0 Å². The summed E-state index contributed by atoms with van der Waals surface area (Å²) in [5, 5.41) is 10.2. The Balaban J connectivity index is 1.52. The first-order chi connectivity index (χ1) is 13.3. The third-order valence-corrected chi connectivity index (χ3v) is 10.2. The molecule has 0 aliphatic heterocycles. The first-order valence-corrected chi connectivity index (χ1v) is 12.7. The molecule has 28 heavy (non-hydrogen) atoms. The summed E-state index contributed by atoms with van der Waals surface area (Å²) in [5.74, 6) is 4.31. The Morgan fingerprint density at radius 1 is 0.964 bits per heavy atom. The molecule has 0 aromatic heterocycles. The van der Waals surface area contributed by atoms with Crippen molar-refractivity contribution in [1.29, 1.82) is 0 Å². The molecule has 2 saturated carbocycles. The lowest BCUT2D eigenvalue weighted by molar-refractivity contribution is 0.0132. The Kier molecular flexibility index (Phi) is 5.80. The molecule has 1 N–H and O–H groups in total. The summed E-state index contributed by atoms with van der Waals surface area (Å²) < 4.78 is 0. The molecule has 1 unspecified atom stereocenters. The summed E-state index contributed by atoms with van der Waals surface area (Å²) in [6.07, 6.45) is 16.0. The predicted molar refractivity (Wildman–Crippen MR) is 119 cm³/mol. The molecule has 1 heteroatoms. The zero-order chi connectivity index (χ0) is 20.1. The van der Waals surface area contributed by atoms with Crippen LogP contribution >= 0.6 is 0 Å². The lowest BCUT2D eigenvalue weighted by atomic mass is 9.50. The van der Waals surface area contributed by atoms with Gasteiger partial charge in [0.15, 0.2) is 0 Å². The van der Waals surface area contributed by atoms with Crippen LogP contribution in [0.25, 0.3) is 0 Å². The van der Waals surface area contributed by atoms with E-state index in [1.54, 1.807) is 0 Å². The Bertz CT molecular complexity index is 603. The van der Waals surface area contributed by atoms with E-state index >= 15 is 0 Å². The highest BCUT2D eigenvalue weighted by Crippen LogP contribution is 2.66. The van der Waals surface area contributed by atoms with Crippen LogP contribution in [0.2, 0.25) is 0 Å². The first kappa shape index (κ1) is 21.0. The number of rotatable bonds is 5. The third-order valence-electron chi connectivity index (χ3n) is 10.2. The molecular weight excluding hydrogens is 340 g/mol. The number of fused-ring (bicyclic) bond motifs is 4. The number of hydrogen-bond acceptors (Lipinski definition) is 1. The molecule has 4 aliphatic carbocycles. The highest BCUT2D eigenvalue weighted by Gasteiger charge is 2.55. The normalized spacial score (nSPS) is 44.2. The monoisotopic (exact) mass is 386 g/mol. The highest BCUT2D eigenvalue weighted by molar-refractivity contribution is 5.34. The minimum absolute atomic E-state index is 0.0309.